The summed E-state index contributed by atoms with van der Waals surface area (Å²) in [7, 11) is 0. The molecule has 2 aliphatic heterocycles. The molecule has 2 unspecified atom stereocenters. The van der Waals surface area contributed by atoms with Gasteiger partial charge in [0.1, 0.15) is 5.82 Å². The number of benzene rings is 1. The van der Waals surface area contributed by atoms with Crippen LogP contribution in [-0.4, -0.2) is 29.8 Å². The lowest BCUT2D eigenvalue weighted by Crippen LogP contribution is -2.44. The second kappa shape index (κ2) is 5.51. The summed E-state index contributed by atoms with van der Waals surface area (Å²) in [5.41, 5.74) is 0.510. The number of halogens is 2. The van der Waals surface area contributed by atoms with Gasteiger partial charge in [0.25, 0.3) is 0 Å². The normalized spacial score (nSPS) is 30.7. The van der Waals surface area contributed by atoms with Crippen molar-refractivity contribution in [1.82, 2.24) is 0 Å². The van der Waals surface area contributed by atoms with E-state index in [9.17, 15) is 4.39 Å². The van der Waals surface area contributed by atoms with E-state index in [2.05, 4.69) is 5.32 Å². The number of thioether (sulfide) groups is 1. The largest absolute Gasteiger partial charge is 0.380 e. The van der Waals surface area contributed by atoms with Gasteiger partial charge in [0, 0.05) is 23.4 Å². The van der Waals surface area contributed by atoms with E-state index < -0.39 is 0 Å². The summed E-state index contributed by atoms with van der Waals surface area (Å²) < 4.78 is 19.7. The van der Waals surface area contributed by atoms with Crippen molar-refractivity contribution in [3.05, 3.63) is 29.0 Å². The number of rotatable bonds is 2. The van der Waals surface area contributed by atoms with Crippen molar-refractivity contribution < 1.29 is 9.13 Å². The Labute approximate surface area is 122 Å². The van der Waals surface area contributed by atoms with E-state index in [-0.39, 0.29) is 17.5 Å². The Morgan fingerprint density at radius 2 is 2.37 bits per heavy atom. The molecule has 1 aromatic rings. The fourth-order valence-electron chi connectivity index (χ4n) is 2.84. The first-order chi connectivity index (χ1) is 9.17. The van der Waals surface area contributed by atoms with Gasteiger partial charge in [0.05, 0.1) is 11.3 Å². The summed E-state index contributed by atoms with van der Waals surface area (Å²) in [5, 5.41) is 3.85. The van der Waals surface area contributed by atoms with E-state index in [4.69, 9.17) is 16.3 Å². The summed E-state index contributed by atoms with van der Waals surface area (Å²) in [6.45, 7) is 0.750. The fraction of sp³-hybridized carbons (Fsp3) is 0.571. The number of ether oxygens (including phenoxy) is 1. The molecule has 2 aliphatic rings. The molecule has 0 bridgehead atoms. The van der Waals surface area contributed by atoms with Crippen LogP contribution in [0.15, 0.2) is 18.2 Å². The van der Waals surface area contributed by atoms with Crippen LogP contribution in [0.25, 0.3) is 0 Å². The molecule has 2 atom stereocenters. The van der Waals surface area contributed by atoms with Crippen LogP contribution in [0.1, 0.15) is 19.3 Å². The SMILES string of the molecule is Fc1ccc(Cl)cc1NC1CCOC2(CCSC2)C1. The number of hydrogen-bond acceptors (Lipinski definition) is 3. The maximum atomic E-state index is 13.7. The molecule has 1 spiro atoms. The minimum absolute atomic E-state index is 0.00956. The highest BCUT2D eigenvalue weighted by Crippen LogP contribution is 2.39. The van der Waals surface area contributed by atoms with E-state index in [1.54, 1.807) is 12.1 Å². The van der Waals surface area contributed by atoms with Gasteiger partial charge in [-0.2, -0.15) is 11.8 Å². The molecule has 2 nitrogen and oxygen atoms in total. The molecule has 0 radical (unpaired) electrons. The van der Waals surface area contributed by atoms with Crippen molar-refractivity contribution in [3.63, 3.8) is 0 Å². The fourth-order valence-corrected chi connectivity index (χ4v) is 4.39. The van der Waals surface area contributed by atoms with Gasteiger partial charge in [-0.1, -0.05) is 11.6 Å². The standard InChI is InChI=1S/C14H17ClFNOS/c15-10-1-2-12(16)13(7-10)17-11-3-5-18-14(8-11)4-6-19-9-14/h1-2,7,11,17H,3-6,8-9H2. The van der Waals surface area contributed by atoms with Gasteiger partial charge in [-0.15, -0.1) is 0 Å². The van der Waals surface area contributed by atoms with Crippen LogP contribution in [0.5, 0.6) is 0 Å². The Kier molecular flexibility index (Phi) is 3.92. The maximum Gasteiger partial charge on any atom is 0.146 e. The predicted octanol–water partition coefficient (Wildman–Crippen LogP) is 3.95. The molecule has 1 N–H and O–H groups in total. The zero-order valence-corrected chi connectivity index (χ0v) is 12.2. The Balaban J connectivity index is 1.70. The van der Waals surface area contributed by atoms with Crippen LogP contribution in [0.4, 0.5) is 10.1 Å². The van der Waals surface area contributed by atoms with Crippen LogP contribution in [0, 0.1) is 5.82 Å². The average molecular weight is 302 g/mol. The molecule has 2 saturated heterocycles. The summed E-state index contributed by atoms with van der Waals surface area (Å²) in [5.74, 6) is 1.98. The molecule has 2 fully saturated rings. The monoisotopic (exact) mass is 301 g/mol. The van der Waals surface area contributed by atoms with E-state index in [1.807, 2.05) is 11.8 Å². The first-order valence-corrected chi connectivity index (χ1v) is 8.13. The van der Waals surface area contributed by atoms with Crippen LogP contribution in [-0.2, 0) is 4.74 Å². The van der Waals surface area contributed by atoms with Gasteiger partial charge in [0.15, 0.2) is 0 Å². The lowest BCUT2D eigenvalue weighted by Gasteiger charge is -2.38. The zero-order chi connectivity index (χ0) is 13.3. The molecule has 3 rings (SSSR count). The molecule has 19 heavy (non-hydrogen) atoms. The molecular weight excluding hydrogens is 285 g/mol. The smallest absolute Gasteiger partial charge is 0.146 e. The van der Waals surface area contributed by atoms with Crippen LogP contribution < -0.4 is 5.32 Å². The van der Waals surface area contributed by atoms with E-state index in [0.717, 1.165) is 37.4 Å². The first kappa shape index (κ1) is 13.5. The van der Waals surface area contributed by atoms with Crippen molar-refractivity contribution >= 4 is 29.1 Å². The van der Waals surface area contributed by atoms with Crippen molar-refractivity contribution in [1.29, 1.82) is 0 Å². The van der Waals surface area contributed by atoms with Crippen LogP contribution in [0.2, 0.25) is 5.02 Å². The van der Waals surface area contributed by atoms with Crippen molar-refractivity contribution in [2.24, 2.45) is 0 Å². The van der Waals surface area contributed by atoms with Crippen molar-refractivity contribution in [3.8, 4) is 0 Å². The molecule has 0 aliphatic carbocycles. The topological polar surface area (TPSA) is 21.3 Å². The molecular formula is C14H17ClFNOS. The predicted molar refractivity (Wildman–Crippen MR) is 78.7 cm³/mol. The van der Waals surface area contributed by atoms with Gasteiger partial charge >= 0.3 is 0 Å². The van der Waals surface area contributed by atoms with Gasteiger partial charge in [-0.05, 0) is 43.2 Å². The van der Waals surface area contributed by atoms with E-state index in [1.165, 1.54) is 6.07 Å². The minimum atomic E-state index is -0.245. The molecule has 0 saturated carbocycles. The summed E-state index contributed by atoms with van der Waals surface area (Å²) >= 11 is 7.87. The molecule has 5 heteroatoms. The minimum Gasteiger partial charge on any atom is -0.380 e. The Morgan fingerprint density at radius 3 is 3.16 bits per heavy atom. The Hall–Kier alpha value is -0.450. The molecule has 0 aromatic heterocycles. The lowest BCUT2D eigenvalue weighted by molar-refractivity contribution is -0.0628. The van der Waals surface area contributed by atoms with E-state index in [0.29, 0.717) is 10.7 Å². The third kappa shape index (κ3) is 3.01. The van der Waals surface area contributed by atoms with Gasteiger partial charge in [0.2, 0.25) is 0 Å². The summed E-state index contributed by atoms with van der Waals surface area (Å²) in [6.07, 6.45) is 2.97. The second-order valence-electron chi connectivity index (χ2n) is 5.29. The molecule has 0 amide bonds. The highest BCUT2D eigenvalue weighted by atomic mass is 35.5. The lowest BCUT2D eigenvalue weighted by atomic mass is 9.90. The highest BCUT2D eigenvalue weighted by molar-refractivity contribution is 7.99. The quantitative estimate of drug-likeness (QED) is 0.894. The molecule has 2 heterocycles. The molecule has 1 aromatic carbocycles. The molecule has 104 valence electrons. The maximum absolute atomic E-state index is 13.7. The van der Waals surface area contributed by atoms with Gasteiger partial charge in [-0.25, -0.2) is 4.39 Å². The van der Waals surface area contributed by atoms with Crippen molar-refractivity contribution in [2.75, 3.05) is 23.4 Å². The van der Waals surface area contributed by atoms with Crippen molar-refractivity contribution in [2.45, 2.75) is 30.9 Å². The third-order valence-corrected chi connectivity index (χ3v) is 5.31. The average Bonchev–Trinajstić information content (AvgIpc) is 2.82. The van der Waals surface area contributed by atoms with Gasteiger partial charge < -0.3 is 10.1 Å². The van der Waals surface area contributed by atoms with Gasteiger partial charge in [-0.3, -0.25) is 0 Å². The van der Waals surface area contributed by atoms with Crippen LogP contribution in [0.3, 0.4) is 0 Å². The number of hydrogen-bond donors (Lipinski definition) is 1. The second-order valence-corrected chi connectivity index (χ2v) is 6.83. The first-order valence-electron chi connectivity index (χ1n) is 6.60. The summed E-state index contributed by atoms with van der Waals surface area (Å²) in [4.78, 5) is 0. The van der Waals surface area contributed by atoms with Crippen LogP contribution >= 0.6 is 23.4 Å². The summed E-state index contributed by atoms with van der Waals surface area (Å²) in [6, 6.07) is 4.90. The zero-order valence-electron chi connectivity index (χ0n) is 10.6. The Morgan fingerprint density at radius 1 is 1.47 bits per heavy atom. The number of nitrogens with one attached hydrogen (secondary N) is 1. The number of anilines is 1. The highest BCUT2D eigenvalue weighted by Gasteiger charge is 2.40. The Bertz CT molecular complexity index is 465. The third-order valence-electron chi connectivity index (χ3n) is 3.85. The van der Waals surface area contributed by atoms with E-state index >= 15 is 0 Å².